The van der Waals surface area contributed by atoms with Gasteiger partial charge in [-0.25, -0.2) is 18.6 Å². The van der Waals surface area contributed by atoms with E-state index in [1.165, 1.54) is 54.6 Å². The van der Waals surface area contributed by atoms with E-state index in [1.54, 1.807) is 6.92 Å². The molecule has 2 amide bonds. The van der Waals surface area contributed by atoms with Gasteiger partial charge in [0.1, 0.15) is 16.4 Å². The van der Waals surface area contributed by atoms with Gasteiger partial charge in [0.15, 0.2) is 4.96 Å². The van der Waals surface area contributed by atoms with E-state index in [9.17, 15) is 23.6 Å². The lowest BCUT2D eigenvalue weighted by Gasteiger charge is -2.09. The van der Waals surface area contributed by atoms with Crippen molar-refractivity contribution >= 4 is 45.5 Å². The fraction of sp³-hybridized carbons (Fsp3) is 0.160. The van der Waals surface area contributed by atoms with E-state index >= 15 is 0 Å². The first-order chi connectivity index (χ1) is 17.3. The Labute approximate surface area is 208 Å². The van der Waals surface area contributed by atoms with Crippen molar-refractivity contribution in [3.8, 4) is 0 Å². The number of rotatable bonds is 7. The van der Waals surface area contributed by atoms with Crippen molar-refractivity contribution in [3.63, 3.8) is 0 Å². The van der Waals surface area contributed by atoms with E-state index in [0.29, 0.717) is 35.7 Å². The Morgan fingerprint density at radius 2 is 1.61 bits per heavy atom. The van der Waals surface area contributed by atoms with Gasteiger partial charge in [-0.15, -0.1) is 0 Å². The predicted octanol–water partition coefficient (Wildman–Crippen LogP) is 4.27. The third-order valence-electron chi connectivity index (χ3n) is 4.99. The van der Waals surface area contributed by atoms with Crippen molar-refractivity contribution in [1.82, 2.24) is 9.38 Å². The highest BCUT2D eigenvalue weighted by molar-refractivity contribution is 7.19. The van der Waals surface area contributed by atoms with Gasteiger partial charge in [-0.3, -0.25) is 14.4 Å². The molecule has 4 aromatic rings. The monoisotopic (exact) mass is 508 g/mol. The molecular formula is C25H21FN4O5S. The Balaban J connectivity index is 1.67. The summed E-state index contributed by atoms with van der Waals surface area (Å²) >= 11 is 0.879. The second-order valence-corrected chi connectivity index (χ2v) is 8.74. The first kappa shape index (κ1) is 24.7. The van der Waals surface area contributed by atoms with Crippen LogP contribution in [0, 0.1) is 12.7 Å². The maximum Gasteiger partial charge on any atom is 0.338 e. The van der Waals surface area contributed by atoms with Crippen LogP contribution in [0.2, 0.25) is 0 Å². The molecule has 0 fully saturated rings. The molecule has 184 valence electrons. The molecule has 2 N–H and O–H groups in total. The molecule has 0 spiro atoms. The van der Waals surface area contributed by atoms with Gasteiger partial charge in [0, 0.05) is 23.1 Å². The molecule has 0 bridgehead atoms. The summed E-state index contributed by atoms with van der Waals surface area (Å²) in [6.07, 6.45) is 0.694. The topological polar surface area (TPSA) is 119 Å². The van der Waals surface area contributed by atoms with Crippen molar-refractivity contribution in [2.45, 2.75) is 20.3 Å². The largest absolute Gasteiger partial charge is 0.462 e. The fourth-order valence-corrected chi connectivity index (χ4v) is 4.39. The molecular weight excluding hydrogens is 487 g/mol. The number of carbonyl (C=O) groups excluding carboxylic acids is 3. The zero-order chi connectivity index (χ0) is 25.8. The van der Waals surface area contributed by atoms with Crippen LogP contribution in [0.1, 0.15) is 49.6 Å². The van der Waals surface area contributed by atoms with Gasteiger partial charge in [-0.2, -0.15) is 0 Å². The highest BCUT2D eigenvalue weighted by Crippen LogP contribution is 2.24. The number of aromatic nitrogens is 2. The minimum Gasteiger partial charge on any atom is -0.462 e. The number of amides is 2. The molecule has 2 heterocycles. The van der Waals surface area contributed by atoms with Crippen LogP contribution in [0.3, 0.4) is 0 Å². The smallest absolute Gasteiger partial charge is 0.338 e. The quantitative estimate of drug-likeness (QED) is 0.360. The van der Waals surface area contributed by atoms with Crippen molar-refractivity contribution in [1.29, 1.82) is 0 Å². The Morgan fingerprint density at radius 3 is 2.25 bits per heavy atom. The molecule has 0 saturated carbocycles. The molecule has 11 heteroatoms. The summed E-state index contributed by atoms with van der Waals surface area (Å²) in [6.45, 7) is 3.82. The Morgan fingerprint density at radius 1 is 1.00 bits per heavy atom. The first-order valence-corrected chi connectivity index (χ1v) is 11.8. The van der Waals surface area contributed by atoms with Crippen LogP contribution < -0.4 is 16.2 Å². The number of hydrogen-bond acceptors (Lipinski definition) is 7. The minimum absolute atomic E-state index is 0.0493. The van der Waals surface area contributed by atoms with E-state index in [4.69, 9.17) is 4.74 Å². The Hall–Kier alpha value is -4.38. The molecule has 0 atom stereocenters. The molecule has 2 aromatic heterocycles. The van der Waals surface area contributed by atoms with Crippen LogP contribution in [0.25, 0.3) is 4.96 Å². The number of thiazole rings is 1. The standard InChI is InChI=1S/C25H21FN4O5S/c1-3-12-35-24(34)15-4-8-17(9-5-15)28-22(32)20-21(23(33)29-18-10-6-16(26)7-11-18)36-25-27-14(2)13-19(31)30(20)25/h4-11,13H,3,12H2,1-2H3,(H,28,32)(H,29,33). The van der Waals surface area contributed by atoms with Crippen LogP contribution >= 0.6 is 11.3 Å². The number of benzene rings is 2. The predicted molar refractivity (Wildman–Crippen MR) is 133 cm³/mol. The van der Waals surface area contributed by atoms with Gasteiger partial charge in [0.2, 0.25) is 0 Å². The summed E-state index contributed by atoms with van der Waals surface area (Å²) in [7, 11) is 0. The van der Waals surface area contributed by atoms with Crippen LogP contribution in [0.15, 0.2) is 59.4 Å². The lowest BCUT2D eigenvalue weighted by molar-refractivity contribution is 0.0505. The third-order valence-corrected chi connectivity index (χ3v) is 6.03. The van der Waals surface area contributed by atoms with Crippen molar-refractivity contribution in [2.75, 3.05) is 17.2 Å². The number of nitrogens with one attached hydrogen (secondary N) is 2. The highest BCUT2D eigenvalue weighted by Gasteiger charge is 2.26. The number of ether oxygens (including phenoxy) is 1. The number of aryl methyl sites for hydroxylation is 1. The van der Waals surface area contributed by atoms with Gasteiger partial charge in [-0.1, -0.05) is 18.3 Å². The van der Waals surface area contributed by atoms with E-state index in [2.05, 4.69) is 15.6 Å². The number of anilines is 2. The lowest BCUT2D eigenvalue weighted by atomic mass is 10.2. The van der Waals surface area contributed by atoms with Crippen LogP contribution in [-0.4, -0.2) is 33.8 Å². The van der Waals surface area contributed by atoms with Crippen molar-refractivity contribution < 1.29 is 23.5 Å². The van der Waals surface area contributed by atoms with Crippen LogP contribution in [0.4, 0.5) is 15.8 Å². The summed E-state index contributed by atoms with van der Waals surface area (Å²) < 4.78 is 19.4. The molecule has 0 radical (unpaired) electrons. The van der Waals surface area contributed by atoms with E-state index in [0.717, 1.165) is 15.7 Å². The average molecular weight is 509 g/mol. The van der Waals surface area contributed by atoms with Gasteiger partial charge < -0.3 is 15.4 Å². The molecule has 0 unspecified atom stereocenters. The summed E-state index contributed by atoms with van der Waals surface area (Å²) in [4.78, 5) is 55.5. The lowest BCUT2D eigenvalue weighted by Crippen LogP contribution is -2.25. The van der Waals surface area contributed by atoms with Crippen LogP contribution in [0.5, 0.6) is 0 Å². The van der Waals surface area contributed by atoms with Gasteiger partial charge in [-0.05, 0) is 61.9 Å². The van der Waals surface area contributed by atoms with Crippen LogP contribution in [-0.2, 0) is 4.74 Å². The molecule has 2 aromatic carbocycles. The second kappa shape index (κ2) is 10.5. The number of hydrogen-bond donors (Lipinski definition) is 2. The maximum atomic E-state index is 13.3. The van der Waals surface area contributed by atoms with Gasteiger partial charge >= 0.3 is 5.97 Å². The zero-order valence-corrected chi connectivity index (χ0v) is 20.1. The Kier molecular flexibility index (Phi) is 7.20. The molecule has 36 heavy (non-hydrogen) atoms. The molecule has 9 nitrogen and oxygen atoms in total. The first-order valence-electron chi connectivity index (χ1n) is 11.0. The average Bonchev–Trinajstić information content (AvgIpc) is 3.24. The maximum absolute atomic E-state index is 13.3. The number of fused-ring (bicyclic) bond motifs is 1. The summed E-state index contributed by atoms with van der Waals surface area (Å²) in [5.41, 5.74) is 0.686. The van der Waals surface area contributed by atoms with E-state index < -0.39 is 29.2 Å². The SMILES string of the molecule is CCCOC(=O)c1ccc(NC(=O)c2c(C(=O)Nc3ccc(F)cc3)sc3nc(C)cc(=O)n23)cc1. The number of halogens is 1. The van der Waals surface area contributed by atoms with E-state index in [1.807, 2.05) is 6.92 Å². The second-order valence-electron chi connectivity index (χ2n) is 7.76. The minimum atomic E-state index is -0.723. The van der Waals surface area contributed by atoms with Crippen molar-refractivity contribution in [3.05, 3.63) is 92.6 Å². The molecule has 0 aliphatic rings. The summed E-state index contributed by atoms with van der Waals surface area (Å²) in [5, 5.41) is 5.26. The molecule has 0 saturated heterocycles. The molecule has 0 aliphatic heterocycles. The number of carbonyl (C=O) groups is 3. The Bertz CT molecular complexity index is 1510. The number of esters is 1. The zero-order valence-electron chi connectivity index (χ0n) is 19.3. The van der Waals surface area contributed by atoms with Gasteiger partial charge in [0.25, 0.3) is 17.4 Å². The molecule has 4 rings (SSSR count). The third kappa shape index (κ3) is 5.31. The molecule has 0 aliphatic carbocycles. The summed E-state index contributed by atoms with van der Waals surface area (Å²) in [6, 6.07) is 12.4. The van der Waals surface area contributed by atoms with E-state index in [-0.39, 0.29) is 15.5 Å². The fourth-order valence-electron chi connectivity index (χ4n) is 3.32. The number of nitrogens with zero attached hydrogens (tertiary/aromatic N) is 2. The van der Waals surface area contributed by atoms with Gasteiger partial charge in [0.05, 0.1) is 12.2 Å². The highest BCUT2D eigenvalue weighted by atomic mass is 32.1. The van der Waals surface area contributed by atoms with Crippen molar-refractivity contribution in [2.24, 2.45) is 0 Å². The normalized spacial score (nSPS) is 10.8. The summed E-state index contributed by atoms with van der Waals surface area (Å²) in [5.74, 6) is -2.33.